The lowest BCUT2D eigenvalue weighted by molar-refractivity contribution is -0.137. The van der Waals surface area contributed by atoms with Gasteiger partial charge in [0.1, 0.15) is 0 Å². The largest absolute Gasteiger partial charge is 0.418 e. The summed E-state index contributed by atoms with van der Waals surface area (Å²) in [5.74, 6) is -0.891. The second-order valence-electron chi connectivity index (χ2n) is 7.81. The van der Waals surface area contributed by atoms with Crippen LogP contribution in [0.25, 0.3) is 5.69 Å². The van der Waals surface area contributed by atoms with Crippen molar-refractivity contribution in [2.45, 2.75) is 45.2 Å². The van der Waals surface area contributed by atoms with Gasteiger partial charge in [-0.2, -0.15) is 18.3 Å². The summed E-state index contributed by atoms with van der Waals surface area (Å²) in [6, 6.07) is 5.86. The molecule has 2 amide bonds. The van der Waals surface area contributed by atoms with Gasteiger partial charge in [-0.05, 0) is 31.9 Å². The highest BCUT2D eigenvalue weighted by molar-refractivity contribution is 5.92. The summed E-state index contributed by atoms with van der Waals surface area (Å²) < 4.78 is 41.1. The fourth-order valence-corrected chi connectivity index (χ4v) is 3.80. The Morgan fingerprint density at radius 3 is 2.44 bits per heavy atom. The van der Waals surface area contributed by atoms with E-state index in [1.807, 2.05) is 0 Å². The van der Waals surface area contributed by atoms with Gasteiger partial charge in [0.2, 0.25) is 11.3 Å². The number of amides is 2. The second-order valence-corrected chi connectivity index (χ2v) is 7.81. The highest BCUT2D eigenvalue weighted by atomic mass is 19.4. The maximum absolute atomic E-state index is 13.4. The molecule has 172 valence electrons. The summed E-state index contributed by atoms with van der Waals surface area (Å²) in [4.78, 5) is 36.9. The molecule has 3 rings (SSSR count). The Morgan fingerprint density at radius 2 is 1.75 bits per heavy atom. The monoisotopic (exact) mass is 450 g/mol. The van der Waals surface area contributed by atoms with E-state index in [2.05, 4.69) is 15.7 Å². The molecular weight excluding hydrogens is 425 g/mol. The van der Waals surface area contributed by atoms with E-state index in [-0.39, 0.29) is 36.3 Å². The molecule has 0 unspecified atom stereocenters. The second kappa shape index (κ2) is 9.97. The molecule has 1 aromatic carbocycles. The first kappa shape index (κ1) is 23.5. The highest BCUT2D eigenvalue weighted by Crippen LogP contribution is 2.33. The minimum absolute atomic E-state index is 0.0147. The summed E-state index contributed by atoms with van der Waals surface area (Å²) >= 11 is 0. The van der Waals surface area contributed by atoms with Crippen LogP contribution in [-0.2, 0) is 11.0 Å². The van der Waals surface area contributed by atoms with Gasteiger partial charge in [0.05, 0.1) is 11.3 Å². The van der Waals surface area contributed by atoms with E-state index in [0.717, 1.165) is 48.9 Å². The van der Waals surface area contributed by atoms with Crippen LogP contribution in [0.3, 0.4) is 0 Å². The predicted molar refractivity (Wildman–Crippen MR) is 111 cm³/mol. The van der Waals surface area contributed by atoms with Crippen LogP contribution in [0.5, 0.6) is 0 Å². The van der Waals surface area contributed by atoms with E-state index in [1.54, 1.807) is 0 Å². The number of hydrogen-bond acceptors (Lipinski definition) is 4. The number of carbonyl (C=O) groups excluding carboxylic acids is 2. The Bertz CT molecular complexity index is 1040. The molecule has 1 heterocycles. The van der Waals surface area contributed by atoms with E-state index >= 15 is 0 Å². The first-order chi connectivity index (χ1) is 15.2. The summed E-state index contributed by atoms with van der Waals surface area (Å²) in [7, 11) is 0. The van der Waals surface area contributed by atoms with Crippen molar-refractivity contribution in [2.24, 2.45) is 5.92 Å². The molecule has 1 fully saturated rings. The van der Waals surface area contributed by atoms with E-state index in [0.29, 0.717) is 0 Å². The van der Waals surface area contributed by atoms with Crippen molar-refractivity contribution in [2.75, 3.05) is 13.1 Å². The molecule has 0 bridgehead atoms. The van der Waals surface area contributed by atoms with Crippen molar-refractivity contribution < 1.29 is 22.8 Å². The number of carbonyl (C=O) groups is 2. The van der Waals surface area contributed by atoms with Crippen molar-refractivity contribution in [1.29, 1.82) is 0 Å². The van der Waals surface area contributed by atoms with E-state index in [4.69, 9.17) is 0 Å². The normalized spacial score (nSPS) is 14.8. The summed E-state index contributed by atoms with van der Waals surface area (Å²) in [5.41, 5.74) is -2.29. The first-order valence-electron chi connectivity index (χ1n) is 10.5. The molecule has 0 spiro atoms. The van der Waals surface area contributed by atoms with Gasteiger partial charge in [0.15, 0.2) is 5.69 Å². The summed E-state index contributed by atoms with van der Waals surface area (Å²) in [6.07, 6.45) is 0.255. The number of nitrogens with zero attached hydrogens (tertiary/aromatic N) is 2. The number of halogens is 3. The topological polar surface area (TPSA) is 93.1 Å². The van der Waals surface area contributed by atoms with Gasteiger partial charge in [-0.25, -0.2) is 4.68 Å². The minimum atomic E-state index is -4.63. The fraction of sp³-hybridized carbons (Fsp3) is 0.455. The molecule has 2 N–H and O–H groups in total. The van der Waals surface area contributed by atoms with E-state index < -0.39 is 28.8 Å². The molecular formula is C22H25F3N4O3. The lowest BCUT2D eigenvalue weighted by atomic mass is 9.89. The highest BCUT2D eigenvalue weighted by Gasteiger charge is 2.34. The molecule has 10 heteroatoms. The average molecular weight is 450 g/mol. The third-order valence-electron chi connectivity index (χ3n) is 5.45. The molecule has 0 aliphatic heterocycles. The number of aromatic nitrogens is 2. The molecule has 0 radical (unpaired) electrons. The van der Waals surface area contributed by atoms with E-state index in [9.17, 15) is 27.6 Å². The lowest BCUT2D eigenvalue weighted by Crippen LogP contribution is -2.39. The van der Waals surface area contributed by atoms with E-state index in [1.165, 1.54) is 25.1 Å². The predicted octanol–water partition coefficient (Wildman–Crippen LogP) is 2.99. The number of aryl methyl sites for hydroxylation is 1. The van der Waals surface area contributed by atoms with Crippen LogP contribution in [0.2, 0.25) is 0 Å². The first-order valence-corrected chi connectivity index (χ1v) is 10.5. The van der Waals surface area contributed by atoms with Gasteiger partial charge in [0.25, 0.3) is 5.91 Å². The van der Waals surface area contributed by atoms with Crippen LogP contribution < -0.4 is 16.1 Å². The molecule has 7 nitrogen and oxygen atoms in total. The third-order valence-corrected chi connectivity index (χ3v) is 5.45. The van der Waals surface area contributed by atoms with Crippen molar-refractivity contribution in [3.8, 4) is 5.69 Å². The van der Waals surface area contributed by atoms with Crippen LogP contribution in [0.15, 0.2) is 35.1 Å². The third kappa shape index (κ3) is 5.54. The molecule has 2 aromatic rings. The zero-order valence-corrected chi connectivity index (χ0v) is 17.7. The van der Waals surface area contributed by atoms with Crippen molar-refractivity contribution in [1.82, 2.24) is 20.4 Å². The molecule has 1 aliphatic carbocycles. The Balaban J connectivity index is 1.70. The zero-order valence-electron chi connectivity index (χ0n) is 17.7. The maximum atomic E-state index is 13.4. The van der Waals surface area contributed by atoms with Gasteiger partial charge in [-0.1, -0.05) is 31.4 Å². The SMILES string of the molecule is Cc1cc(=O)c(C(=O)NCCNC(=O)C2CCCCC2)nn1-c1ccccc1C(F)(F)F. The Labute approximate surface area is 183 Å². The number of rotatable bonds is 6. The summed E-state index contributed by atoms with van der Waals surface area (Å²) in [6.45, 7) is 1.67. The van der Waals surface area contributed by atoms with Crippen LogP contribution in [0.1, 0.15) is 53.8 Å². The minimum Gasteiger partial charge on any atom is -0.354 e. The van der Waals surface area contributed by atoms with Gasteiger partial charge < -0.3 is 10.6 Å². The number of alkyl halides is 3. The van der Waals surface area contributed by atoms with Gasteiger partial charge in [-0.3, -0.25) is 14.4 Å². The average Bonchev–Trinajstić information content (AvgIpc) is 2.76. The lowest BCUT2D eigenvalue weighted by Gasteiger charge is -2.20. The number of benzene rings is 1. The zero-order chi connectivity index (χ0) is 23.3. The Morgan fingerprint density at radius 1 is 1.09 bits per heavy atom. The number of para-hydroxylation sites is 1. The molecule has 1 saturated carbocycles. The van der Waals surface area contributed by atoms with Crippen molar-refractivity contribution >= 4 is 11.8 Å². The van der Waals surface area contributed by atoms with Gasteiger partial charge >= 0.3 is 6.18 Å². The quantitative estimate of drug-likeness (QED) is 0.662. The maximum Gasteiger partial charge on any atom is 0.418 e. The van der Waals surface area contributed by atoms with Crippen LogP contribution in [0.4, 0.5) is 13.2 Å². The van der Waals surface area contributed by atoms with Crippen molar-refractivity contribution in [3.05, 3.63) is 57.5 Å². The Kier molecular flexibility index (Phi) is 7.32. The molecule has 1 aromatic heterocycles. The van der Waals surface area contributed by atoms with Gasteiger partial charge in [-0.15, -0.1) is 0 Å². The number of hydrogen-bond donors (Lipinski definition) is 2. The number of nitrogens with one attached hydrogen (secondary N) is 2. The standard InChI is InChI=1S/C22H25F3N4O3/c1-14-13-18(30)19(28-29(14)17-10-6-5-9-16(17)22(23,24)25)21(32)27-12-11-26-20(31)15-7-3-2-4-8-15/h5-6,9-10,13,15H,2-4,7-8,11-12H2,1H3,(H,26,31)(H,27,32). The molecule has 1 aliphatic rings. The van der Waals surface area contributed by atoms with Gasteiger partial charge in [0, 0.05) is 30.8 Å². The van der Waals surface area contributed by atoms with Crippen molar-refractivity contribution in [3.63, 3.8) is 0 Å². The van der Waals surface area contributed by atoms with Crippen LogP contribution in [0, 0.1) is 12.8 Å². The smallest absolute Gasteiger partial charge is 0.354 e. The molecule has 32 heavy (non-hydrogen) atoms. The van der Waals surface area contributed by atoms with Crippen LogP contribution >= 0.6 is 0 Å². The Hall–Kier alpha value is -3.17. The summed E-state index contributed by atoms with van der Waals surface area (Å²) in [5, 5.41) is 9.16. The van der Waals surface area contributed by atoms with Crippen LogP contribution in [-0.4, -0.2) is 34.7 Å². The fourth-order valence-electron chi connectivity index (χ4n) is 3.80. The molecule has 0 atom stereocenters. The molecule has 0 saturated heterocycles.